The van der Waals surface area contributed by atoms with Crippen LogP contribution in [0.25, 0.3) is 5.57 Å². The highest BCUT2D eigenvalue weighted by atomic mass is 16.6. The minimum absolute atomic E-state index is 0.332. The predicted molar refractivity (Wildman–Crippen MR) is 114 cm³/mol. The number of esters is 2. The molecule has 1 aliphatic rings. The lowest BCUT2D eigenvalue weighted by atomic mass is 9.84. The fourth-order valence-corrected chi connectivity index (χ4v) is 3.90. The Bertz CT molecular complexity index is 1010. The lowest BCUT2D eigenvalue weighted by molar-refractivity contribution is -0.146. The second-order valence-corrected chi connectivity index (χ2v) is 7.14. The number of rotatable bonds is 5. The van der Waals surface area contributed by atoms with Crippen LogP contribution < -0.4 is 0 Å². The normalized spacial score (nSPS) is 17.8. The third kappa shape index (κ3) is 3.90. The zero-order valence-electron chi connectivity index (χ0n) is 16.7. The lowest BCUT2D eigenvalue weighted by Gasteiger charge is -2.18. The van der Waals surface area contributed by atoms with Gasteiger partial charge >= 0.3 is 11.9 Å². The molecule has 0 unspecified atom stereocenters. The number of carbonyl (C=O) groups excluding carboxylic acids is 2. The number of cyclic esters (lactones) is 1. The number of carbonyl (C=O) groups is 2. The topological polar surface area (TPSA) is 52.6 Å². The Kier molecular flexibility index (Phi) is 5.75. The van der Waals surface area contributed by atoms with Gasteiger partial charge in [0.25, 0.3) is 0 Å². The summed E-state index contributed by atoms with van der Waals surface area (Å²) in [6.07, 6.45) is -0.00709. The van der Waals surface area contributed by atoms with Crippen molar-refractivity contribution in [2.24, 2.45) is 5.92 Å². The molecule has 1 heterocycles. The Balaban J connectivity index is 1.87. The summed E-state index contributed by atoms with van der Waals surface area (Å²) >= 11 is 0. The van der Waals surface area contributed by atoms with E-state index in [9.17, 15) is 9.59 Å². The summed E-state index contributed by atoms with van der Waals surface area (Å²) < 4.78 is 10.8. The lowest BCUT2D eigenvalue weighted by Crippen LogP contribution is -2.21. The molecule has 0 aliphatic carbocycles. The van der Waals surface area contributed by atoms with Gasteiger partial charge in [-0.2, -0.15) is 0 Å². The number of hydrogen-bond acceptors (Lipinski definition) is 4. The van der Waals surface area contributed by atoms with Crippen LogP contribution in [-0.4, -0.2) is 19.0 Å². The Morgan fingerprint density at radius 2 is 1.33 bits per heavy atom. The van der Waals surface area contributed by atoms with Crippen LogP contribution in [0.2, 0.25) is 0 Å². The molecule has 30 heavy (non-hydrogen) atoms. The van der Waals surface area contributed by atoms with Crippen molar-refractivity contribution in [1.29, 1.82) is 0 Å². The van der Waals surface area contributed by atoms with Crippen molar-refractivity contribution in [3.8, 4) is 0 Å². The van der Waals surface area contributed by atoms with Crippen molar-refractivity contribution < 1.29 is 19.1 Å². The molecule has 1 saturated heterocycles. The molecular weight excluding hydrogens is 376 g/mol. The van der Waals surface area contributed by atoms with E-state index in [-0.39, 0.29) is 0 Å². The van der Waals surface area contributed by atoms with Crippen LogP contribution in [0.4, 0.5) is 0 Å². The van der Waals surface area contributed by atoms with E-state index in [0.29, 0.717) is 17.6 Å². The number of benzene rings is 3. The van der Waals surface area contributed by atoms with Gasteiger partial charge in [-0.3, -0.25) is 4.79 Å². The summed E-state index contributed by atoms with van der Waals surface area (Å²) in [7, 11) is 1.34. The summed E-state index contributed by atoms with van der Waals surface area (Å²) in [5, 5.41) is 0. The Hall–Kier alpha value is -3.66. The van der Waals surface area contributed by atoms with Crippen molar-refractivity contribution in [3.63, 3.8) is 0 Å². The minimum Gasteiger partial charge on any atom is -0.466 e. The van der Waals surface area contributed by atoms with Crippen LogP contribution in [-0.2, 0) is 19.1 Å². The molecule has 4 heteroatoms. The summed E-state index contributed by atoms with van der Waals surface area (Å²) in [5.41, 5.74) is 3.63. The van der Waals surface area contributed by atoms with Crippen molar-refractivity contribution in [1.82, 2.24) is 0 Å². The van der Waals surface area contributed by atoms with E-state index in [1.807, 2.05) is 91.0 Å². The molecule has 0 N–H and O–H groups in total. The SMILES string of the molecule is COC(=O)C(=C(c1ccccc1)c1ccccc1)[C@H]1C[C@H](c2ccccc2)OC1=O. The standard InChI is InChI=1S/C26H22O4/c1-29-26(28)24(21-17-22(30-25(21)27)18-11-5-2-6-12-18)23(19-13-7-3-8-14-19)20-15-9-4-10-16-20/h2-16,21-22H,17H2,1H3/t21-,22-/m1/s1. The van der Waals surface area contributed by atoms with E-state index < -0.39 is 24.0 Å². The average molecular weight is 398 g/mol. The van der Waals surface area contributed by atoms with Crippen LogP contribution in [0.3, 0.4) is 0 Å². The molecule has 2 atom stereocenters. The van der Waals surface area contributed by atoms with Crippen molar-refractivity contribution in [2.75, 3.05) is 7.11 Å². The summed E-state index contributed by atoms with van der Waals surface area (Å²) in [4.78, 5) is 25.9. The highest BCUT2D eigenvalue weighted by Crippen LogP contribution is 2.41. The van der Waals surface area contributed by atoms with E-state index >= 15 is 0 Å². The molecule has 0 spiro atoms. The third-order valence-corrected chi connectivity index (χ3v) is 5.31. The molecule has 4 rings (SSSR count). The van der Waals surface area contributed by atoms with E-state index in [1.54, 1.807) is 0 Å². The van der Waals surface area contributed by atoms with Gasteiger partial charge in [-0.15, -0.1) is 0 Å². The monoisotopic (exact) mass is 398 g/mol. The zero-order valence-corrected chi connectivity index (χ0v) is 16.7. The Morgan fingerprint density at radius 3 is 1.83 bits per heavy atom. The molecule has 0 radical (unpaired) electrons. The van der Waals surface area contributed by atoms with Crippen LogP contribution in [0, 0.1) is 5.92 Å². The summed E-state index contributed by atoms with van der Waals surface area (Å²) in [6.45, 7) is 0. The first-order valence-electron chi connectivity index (χ1n) is 9.88. The molecule has 1 aliphatic heterocycles. The van der Waals surface area contributed by atoms with Gasteiger partial charge in [0.15, 0.2) is 0 Å². The van der Waals surface area contributed by atoms with Crippen LogP contribution in [0.1, 0.15) is 29.2 Å². The molecule has 150 valence electrons. The van der Waals surface area contributed by atoms with E-state index in [4.69, 9.17) is 9.47 Å². The maximum Gasteiger partial charge on any atom is 0.335 e. The molecule has 1 fully saturated rings. The zero-order chi connectivity index (χ0) is 20.9. The predicted octanol–water partition coefficient (Wildman–Crippen LogP) is 4.97. The van der Waals surface area contributed by atoms with Crippen LogP contribution in [0.15, 0.2) is 96.6 Å². The maximum atomic E-state index is 13.0. The first-order chi connectivity index (χ1) is 14.7. The van der Waals surface area contributed by atoms with Gasteiger partial charge in [-0.05, 0) is 16.7 Å². The van der Waals surface area contributed by atoms with E-state index in [0.717, 1.165) is 16.7 Å². The first kappa shape index (κ1) is 19.6. The Morgan fingerprint density at radius 1 is 0.833 bits per heavy atom. The van der Waals surface area contributed by atoms with Gasteiger partial charge in [0.05, 0.1) is 18.6 Å². The smallest absolute Gasteiger partial charge is 0.335 e. The molecule has 0 aromatic heterocycles. The van der Waals surface area contributed by atoms with Gasteiger partial charge in [0, 0.05) is 12.0 Å². The minimum atomic E-state index is -0.710. The van der Waals surface area contributed by atoms with E-state index in [1.165, 1.54) is 7.11 Å². The first-order valence-corrected chi connectivity index (χ1v) is 9.88. The van der Waals surface area contributed by atoms with Gasteiger partial charge in [-0.1, -0.05) is 91.0 Å². The van der Waals surface area contributed by atoms with Crippen molar-refractivity contribution in [2.45, 2.75) is 12.5 Å². The molecular formula is C26H22O4. The molecule has 3 aromatic carbocycles. The fourth-order valence-electron chi connectivity index (χ4n) is 3.90. The van der Waals surface area contributed by atoms with Gasteiger partial charge in [0.2, 0.25) is 0 Å². The molecule has 0 bridgehead atoms. The molecule has 4 nitrogen and oxygen atoms in total. The van der Waals surface area contributed by atoms with Crippen LogP contribution >= 0.6 is 0 Å². The van der Waals surface area contributed by atoms with Crippen molar-refractivity contribution in [3.05, 3.63) is 113 Å². The molecule has 0 amide bonds. The Labute approximate surface area is 175 Å². The van der Waals surface area contributed by atoms with Gasteiger partial charge in [0.1, 0.15) is 6.10 Å². The average Bonchev–Trinajstić information content (AvgIpc) is 3.19. The molecule has 0 saturated carbocycles. The second-order valence-electron chi connectivity index (χ2n) is 7.14. The fraction of sp³-hybridized carbons (Fsp3) is 0.154. The van der Waals surface area contributed by atoms with Crippen molar-refractivity contribution >= 4 is 17.5 Å². The molecule has 3 aromatic rings. The van der Waals surface area contributed by atoms with E-state index in [2.05, 4.69) is 0 Å². The van der Waals surface area contributed by atoms with Gasteiger partial charge in [-0.25, -0.2) is 4.79 Å². The third-order valence-electron chi connectivity index (χ3n) is 5.31. The number of hydrogen-bond donors (Lipinski definition) is 0. The highest BCUT2D eigenvalue weighted by Gasteiger charge is 2.42. The highest BCUT2D eigenvalue weighted by molar-refractivity contribution is 6.06. The quantitative estimate of drug-likeness (QED) is 0.450. The van der Waals surface area contributed by atoms with Gasteiger partial charge < -0.3 is 9.47 Å². The second kappa shape index (κ2) is 8.78. The summed E-state index contributed by atoms with van der Waals surface area (Å²) in [6, 6.07) is 28.8. The number of methoxy groups -OCH3 is 1. The number of ether oxygens (including phenoxy) is 2. The van der Waals surface area contributed by atoms with Crippen LogP contribution in [0.5, 0.6) is 0 Å². The maximum absolute atomic E-state index is 13.0. The summed E-state index contributed by atoms with van der Waals surface area (Å²) in [5.74, 6) is -1.64. The largest absolute Gasteiger partial charge is 0.466 e.